The SMILES string of the molecule is CC(C)CCCCCOC(=O)C(C#N)=CN1c2ccccc2CC1C. The Labute approximate surface area is 151 Å². The summed E-state index contributed by atoms with van der Waals surface area (Å²) < 4.78 is 5.28. The number of hydrogen-bond acceptors (Lipinski definition) is 4. The zero-order valence-electron chi connectivity index (χ0n) is 15.5. The molecule has 0 bridgehead atoms. The van der Waals surface area contributed by atoms with Gasteiger partial charge in [0.2, 0.25) is 0 Å². The molecule has 25 heavy (non-hydrogen) atoms. The molecule has 0 aromatic heterocycles. The van der Waals surface area contributed by atoms with E-state index in [2.05, 4.69) is 26.8 Å². The van der Waals surface area contributed by atoms with Gasteiger partial charge in [0.15, 0.2) is 5.57 Å². The Kier molecular flexibility index (Phi) is 7.06. The molecule has 4 nitrogen and oxygen atoms in total. The second kappa shape index (κ2) is 9.27. The molecule has 1 unspecified atom stereocenters. The van der Waals surface area contributed by atoms with E-state index >= 15 is 0 Å². The van der Waals surface area contributed by atoms with Crippen molar-refractivity contribution < 1.29 is 9.53 Å². The highest BCUT2D eigenvalue weighted by Crippen LogP contribution is 2.32. The van der Waals surface area contributed by atoms with E-state index in [1.54, 1.807) is 6.20 Å². The van der Waals surface area contributed by atoms with Gasteiger partial charge in [0.1, 0.15) is 6.07 Å². The highest BCUT2D eigenvalue weighted by Gasteiger charge is 2.25. The van der Waals surface area contributed by atoms with E-state index in [1.807, 2.05) is 29.2 Å². The van der Waals surface area contributed by atoms with Gasteiger partial charge in [-0.15, -0.1) is 0 Å². The molecule has 0 N–H and O–H groups in total. The van der Waals surface area contributed by atoms with Gasteiger partial charge >= 0.3 is 5.97 Å². The predicted molar refractivity (Wildman–Crippen MR) is 100 cm³/mol. The summed E-state index contributed by atoms with van der Waals surface area (Å²) in [5.74, 6) is 0.184. The van der Waals surface area contributed by atoms with Crippen LogP contribution in [0, 0.1) is 17.2 Å². The Balaban J connectivity index is 1.90. The summed E-state index contributed by atoms with van der Waals surface area (Å²) in [6.45, 7) is 6.89. The van der Waals surface area contributed by atoms with Crippen molar-refractivity contribution in [1.82, 2.24) is 0 Å². The minimum Gasteiger partial charge on any atom is -0.462 e. The second-order valence-electron chi connectivity index (χ2n) is 7.12. The smallest absolute Gasteiger partial charge is 0.350 e. The Bertz CT molecular complexity index is 658. The summed E-state index contributed by atoms with van der Waals surface area (Å²) in [6.07, 6.45) is 6.80. The van der Waals surface area contributed by atoms with Gasteiger partial charge in [-0.25, -0.2) is 4.79 Å². The topological polar surface area (TPSA) is 53.3 Å². The molecular weight excluding hydrogens is 312 g/mol. The molecule has 134 valence electrons. The van der Waals surface area contributed by atoms with Gasteiger partial charge in [0, 0.05) is 17.9 Å². The maximum atomic E-state index is 12.2. The molecule has 0 fully saturated rings. The number of hydrogen-bond donors (Lipinski definition) is 0. The van der Waals surface area contributed by atoms with E-state index in [1.165, 1.54) is 12.0 Å². The predicted octanol–water partition coefficient (Wildman–Crippen LogP) is 4.60. The lowest BCUT2D eigenvalue weighted by molar-refractivity contribution is -0.138. The summed E-state index contributed by atoms with van der Waals surface area (Å²) in [7, 11) is 0. The first-order valence-corrected chi connectivity index (χ1v) is 9.18. The number of carbonyl (C=O) groups excluding carboxylic acids is 1. The minimum absolute atomic E-state index is 0.0609. The molecule has 1 heterocycles. The Morgan fingerprint density at radius 1 is 1.36 bits per heavy atom. The van der Waals surface area contributed by atoms with E-state index in [0.717, 1.165) is 31.4 Å². The molecule has 4 heteroatoms. The molecule has 0 radical (unpaired) electrons. The third kappa shape index (κ3) is 5.35. The van der Waals surface area contributed by atoms with Crippen LogP contribution in [-0.2, 0) is 16.0 Å². The molecule has 1 atom stereocenters. The molecule has 0 saturated heterocycles. The first-order valence-electron chi connectivity index (χ1n) is 9.18. The van der Waals surface area contributed by atoms with Crippen molar-refractivity contribution in [2.75, 3.05) is 11.5 Å². The third-order valence-electron chi connectivity index (χ3n) is 4.53. The highest BCUT2D eigenvalue weighted by molar-refractivity contribution is 5.93. The highest BCUT2D eigenvalue weighted by atomic mass is 16.5. The van der Waals surface area contributed by atoms with Gasteiger partial charge in [0.05, 0.1) is 6.61 Å². The molecule has 2 rings (SSSR count). The third-order valence-corrected chi connectivity index (χ3v) is 4.53. The van der Waals surface area contributed by atoms with Crippen LogP contribution in [0.25, 0.3) is 0 Å². The molecule has 0 spiro atoms. The van der Waals surface area contributed by atoms with Crippen molar-refractivity contribution >= 4 is 11.7 Å². The molecule has 1 aliphatic rings. The summed E-state index contributed by atoms with van der Waals surface area (Å²) in [6, 6.07) is 10.3. The summed E-state index contributed by atoms with van der Waals surface area (Å²) in [5, 5.41) is 9.35. The maximum Gasteiger partial charge on any atom is 0.350 e. The Morgan fingerprint density at radius 3 is 2.84 bits per heavy atom. The van der Waals surface area contributed by atoms with Gasteiger partial charge in [-0.05, 0) is 37.3 Å². The number of anilines is 1. The fourth-order valence-corrected chi connectivity index (χ4v) is 3.13. The molecule has 0 amide bonds. The van der Waals surface area contributed by atoms with Gasteiger partial charge < -0.3 is 9.64 Å². The van der Waals surface area contributed by atoms with Crippen LogP contribution in [0.1, 0.15) is 52.0 Å². The lowest BCUT2D eigenvalue weighted by Gasteiger charge is -2.20. The molecule has 0 aliphatic carbocycles. The normalized spacial score (nSPS) is 16.7. The Hall–Kier alpha value is -2.28. The standard InChI is InChI=1S/C21H28N2O2/c1-16(2)9-5-4-8-12-25-21(24)19(14-22)15-23-17(3)13-18-10-6-7-11-20(18)23/h6-7,10-11,15-17H,4-5,8-9,12-13H2,1-3H3. The van der Waals surface area contributed by atoms with Crippen LogP contribution in [0.15, 0.2) is 36.0 Å². The number of benzene rings is 1. The van der Waals surface area contributed by atoms with E-state index in [-0.39, 0.29) is 11.6 Å². The summed E-state index contributed by atoms with van der Waals surface area (Å²) >= 11 is 0. The monoisotopic (exact) mass is 340 g/mol. The summed E-state index contributed by atoms with van der Waals surface area (Å²) in [4.78, 5) is 14.2. The van der Waals surface area contributed by atoms with Crippen molar-refractivity contribution in [3.63, 3.8) is 0 Å². The number of nitrogens with zero attached hydrogens (tertiary/aromatic N) is 2. The number of rotatable bonds is 8. The Morgan fingerprint density at radius 2 is 2.12 bits per heavy atom. The largest absolute Gasteiger partial charge is 0.462 e. The van der Waals surface area contributed by atoms with Crippen molar-refractivity contribution in [2.45, 2.75) is 58.9 Å². The maximum absolute atomic E-state index is 12.2. The number of carbonyl (C=O) groups is 1. The van der Waals surface area contributed by atoms with Crippen LogP contribution in [0.5, 0.6) is 0 Å². The van der Waals surface area contributed by atoms with Crippen LogP contribution in [0.4, 0.5) is 5.69 Å². The van der Waals surface area contributed by atoms with E-state index in [4.69, 9.17) is 4.74 Å². The van der Waals surface area contributed by atoms with E-state index < -0.39 is 5.97 Å². The van der Waals surface area contributed by atoms with E-state index in [9.17, 15) is 10.1 Å². The molecule has 0 saturated carbocycles. The molecule has 1 aromatic carbocycles. The van der Waals surface area contributed by atoms with Crippen molar-refractivity contribution in [3.8, 4) is 6.07 Å². The zero-order chi connectivity index (χ0) is 18.2. The van der Waals surface area contributed by atoms with Gasteiger partial charge in [0.25, 0.3) is 0 Å². The quantitative estimate of drug-likeness (QED) is 0.300. The first-order chi connectivity index (χ1) is 12.0. The van der Waals surface area contributed by atoms with Crippen LogP contribution >= 0.6 is 0 Å². The van der Waals surface area contributed by atoms with Crippen LogP contribution in [0.3, 0.4) is 0 Å². The second-order valence-corrected chi connectivity index (χ2v) is 7.12. The average Bonchev–Trinajstić information content (AvgIpc) is 2.90. The number of nitriles is 1. The van der Waals surface area contributed by atoms with E-state index in [0.29, 0.717) is 12.5 Å². The lowest BCUT2D eigenvalue weighted by Crippen LogP contribution is -2.25. The minimum atomic E-state index is -0.525. The number of ether oxygens (including phenoxy) is 1. The van der Waals surface area contributed by atoms with Crippen molar-refractivity contribution in [2.24, 2.45) is 5.92 Å². The van der Waals surface area contributed by atoms with Gasteiger partial charge in [-0.1, -0.05) is 51.3 Å². The fourth-order valence-electron chi connectivity index (χ4n) is 3.13. The van der Waals surface area contributed by atoms with Crippen LogP contribution < -0.4 is 4.90 Å². The number of para-hydroxylation sites is 1. The number of esters is 1. The molecule has 1 aromatic rings. The average molecular weight is 340 g/mol. The van der Waals surface area contributed by atoms with Gasteiger partial charge in [-0.3, -0.25) is 0 Å². The van der Waals surface area contributed by atoms with Crippen LogP contribution in [-0.4, -0.2) is 18.6 Å². The summed E-state index contributed by atoms with van der Waals surface area (Å²) in [5.41, 5.74) is 2.36. The number of fused-ring (bicyclic) bond motifs is 1. The molecular formula is C21H28N2O2. The zero-order valence-corrected chi connectivity index (χ0v) is 15.5. The molecule has 1 aliphatic heterocycles. The first kappa shape index (κ1) is 19.1. The number of unbranched alkanes of at least 4 members (excludes halogenated alkanes) is 2. The van der Waals surface area contributed by atoms with Gasteiger partial charge in [-0.2, -0.15) is 5.26 Å². The van der Waals surface area contributed by atoms with Crippen molar-refractivity contribution in [1.29, 1.82) is 5.26 Å². The fraction of sp³-hybridized carbons (Fsp3) is 0.524. The van der Waals surface area contributed by atoms with Crippen LogP contribution in [0.2, 0.25) is 0 Å². The van der Waals surface area contributed by atoms with Crippen molar-refractivity contribution in [3.05, 3.63) is 41.6 Å². The lowest BCUT2D eigenvalue weighted by atomic mass is 10.1.